The molecule has 0 bridgehead atoms. The van der Waals surface area contributed by atoms with E-state index in [4.69, 9.17) is 4.99 Å². The topological polar surface area (TPSA) is 12.4 Å². The van der Waals surface area contributed by atoms with Crippen molar-refractivity contribution in [1.29, 1.82) is 0 Å². The lowest BCUT2D eigenvalue weighted by molar-refractivity contribution is 1.50. The zero-order valence-electron chi connectivity index (χ0n) is 15.2. The first-order chi connectivity index (χ1) is 13.8. The molecule has 0 unspecified atom stereocenters. The Hall–Kier alpha value is -2.54. The van der Waals surface area contributed by atoms with Crippen molar-refractivity contribution in [2.45, 2.75) is 0 Å². The maximum absolute atomic E-state index is 4.74. The van der Waals surface area contributed by atoms with Gasteiger partial charge < -0.3 is 0 Å². The lowest BCUT2D eigenvalue weighted by Crippen LogP contribution is -2.23. The molecule has 0 atom stereocenters. The molecule has 0 aliphatic rings. The molecule has 4 aromatic carbocycles. The molecule has 0 heterocycles. The van der Waals surface area contributed by atoms with E-state index in [1.807, 2.05) is 30.5 Å². The first kappa shape index (κ1) is 18.8. The zero-order valence-corrected chi connectivity index (χ0v) is 17.7. The molecule has 0 aliphatic carbocycles. The number of rotatable bonds is 5. The van der Waals surface area contributed by atoms with E-state index in [1.54, 1.807) is 0 Å². The summed E-state index contributed by atoms with van der Waals surface area (Å²) in [6.07, 6.45) is 1.98. The fourth-order valence-electron chi connectivity index (χ4n) is 3.08. The number of hydrogen-bond donors (Lipinski definition) is 0. The summed E-state index contributed by atoms with van der Waals surface area (Å²) in [6, 6.07) is 38.1. The van der Waals surface area contributed by atoms with Gasteiger partial charge in [-0.25, -0.2) is 0 Å². The smallest absolute Gasteiger partial charge is 0.0771 e. The predicted octanol–water partition coefficient (Wildman–Crippen LogP) is 5.96. The second-order valence-electron chi connectivity index (χ2n) is 6.27. The molecule has 3 heteroatoms. The standard InChI is InChI=1S/C25H19BrNP/c26-23-16-8-9-17-24(23)27-19-20-11-7-10-18-25(20)28(21-12-3-1-4-13-21)22-14-5-2-6-15-22/h1-19H. The third kappa shape index (κ3) is 4.30. The monoisotopic (exact) mass is 443 g/mol. The lowest BCUT2D eigenvalue weighted by atomic mass is 10.2. The fourth-order valence-corrected chi connectivity index (χ4v) is 5.89. The maximum atomic E-state index is 4.74. The molecule has 0 N–H and O–H groups in total. The maximum Gasteiger partial charge on any atom is 0.0771 e. The molecule has 0 aliphatic heterocycles. The Bertz CT molecular complexity index is 1040. The average Bonchev–Trinajstić information content (AvgIpc) is 2.76. The van der Waals surface area contributed by atoms with Crippen LogP contribution in [0, 0.1) is 0 Å². The van der Waals surface area contributed by atoms with Crippen LogP contribution in [0.3, 0.4) is 0 Å². The molecular weight excluding hydrogens is 425 g/mol. The van der Waals surface area contributed by atoms with E-state index in [0.29, 0.717) is 0 Å². The second kappa shape index (κ2) is 9.10. The minimum Gasteiger partial charge on any atom is -0.255 e. The second-order valence-corrected chi connectivity index (χ2v) is 9.31. The van der Waals surface area contributed by atoms with E-state index < -0.39 is 7.92 Å². The number of benzene rings is 4. The van der Waals surface area contributed by atoms with Crippen LogP contribution in [0.15, 0.2) is 119 Å². The molecule has 28 heavy (non-hydrogen) atoms. The largest absolute Gasteiger partial charge is 0.255 e. The molecule has 1 nitrogen and oxygen atoms in total. The lowest BCUT2D eigenvalue weighted by Gasteiger charge is -2.21. The molecule has 0 amide bonds. The van der Waals surface area contributed by atoms with Gasteiger partial charge in [0.05, 0.1) is 5.69 Å². The first-order valence-electron chi connectivity index (χ1n) is 9.11. The Kier molecular flexibility index (Phi) is 6.11. The molecule has 4 aromatic rings. The van der Waals surface area contributed by atoms with Crippen molar-refractivity contribution in [3.8, 4) is 0 Å². The summed E-state index contributed by atoms with van der Waals surface area (Å²) in [6.45, 7) is 0. The van der Waals surface area contributed by atoms with Crippen LogP contribution in [0.1, 0.15) is 5.56 Å². The highest BCUT2D eigenvalue weighted by atomic mass is 79.9. The van der Waals surface area contributed by atoms with Gasteiger partial charge in [0.2, 0.25) is 0 Å². The van der Waals surface area contributed by atoms with Crippen molar-refractivity contribution < 1.29 is 0 Å². The number of nitrogens with zero attached hydrogens (tertiary/aromatic N) is 1. The minimum atomic E-state index is -0.658. The summed E-state index contributed by atoms with van der Waals surface area (Å²) in [7, 11) is -0.658. The summed E-state index contributed by atoms with van der Waals surface area (Å²) >= 11 is 3.58. The van der Waals surface area contributed by atoms with Crippen molar-refractivity contribution in [2.24, 2.45) is 4.99 Å². The Morgan fingerprint density at radius 3 is 1.79 bits per heavy atom. The van der Waals surface area contributed by atoms with E-state index in [-0.39, 0.29) is 0 Å². The van der Waals surface area contributed by atoms with Crippen LogP contribution in [0.2, 0.25) is 0 Å². The van der Waals surface area contributed by atoms with Gasteiger partial charge >= 0.3 is 0 Å². The van der Waals surface area contributed by atoms with Crippen LogP contribution < -0.4 is 15.9 Å². The van der Waals surface area contributed by atoms with Crippen molar-refractivity contribution in [1.82, 2.24) is 0 Å². The van der Waals surface area contributed by atoms with Gasteiger partial charge in [-0.1, -0.05) is 97.1 Å². The van der Waals surface area contributed by atoms with Gasteiger partial charge in [0, 0.05) is 16.3 Å². The minimum absolute atomic E-state index is 0.658. The van der Waals surface area contributed by atoms with Crippen LogP contribution in [0.25, 0.3) is 0 Å². The summed E-state index contributed by atoms with van der Waals surface area (Å²) in [5.74, 6) is 0. The number of halogens is 1. The molecule has 0 aromatic heterocycles. The Morgan fingerprint density at radius 2 is 1.14 bits per heavy atom. The quantitative estimate of drug-likeness (QED) is 0.266. The fraction of sp³-hybridized carbons (Fsp3) is 0. The highest BCUT2D eigenvalue weighted by Crippen LogP contribution is 2.34. The number of para-hydroxylation sites is 1. The highest BCUT2D eigenvalue weighted by molar-refractivity contribution is 9.10. The van der Waals surface area contributed by atoms with Gasteiger partial charge in [0.1, 0.15) is 0 Å². The molecule has 0 fully saturated rings. The Balaban J connectivity index is 1.81. The van der Waals surface area contributed by atoms with Crippen LogP contribution in [0.5, 0.6) is 0 Å². The van der Waals surface area contributed by atoms with Gasteiger partial charge in [0.25, 0.3) is 0 Å². The van der Waals surface area contributed by atoms with E-state index in [2.05, 4.69) is 101 Å². The third-order valence-electron chi connectivity index (χ3n) is 4.40. The number of aliphatic imine (C=N–C) groups is 1. The van der Waals surface area contributed by atoms with Crippen LogP contribution in [-0.2, 0) is 0 Å². The van der Waals surface area contributed by atoms with Gasteiger partial charge in [-0.05, 0) is 51.9 Å². The van der Waals surface area contributed by atoms with Crippen LogP contribution in [-0.4, -0.2) is 6.21 Å². The Morgan fingerprint density at radius 1 is 0.607 bits per heavy atom. The molecule has 0 saturated carbocycles. The van der Waals surface area contributed by atoms with Crippen molar-refractivity contribution >= 4 is 51.7 Å². The van der Waals surface area contributed by atoms with Crippen molar-refractivity contribution in [3.05, 3.63) is 119 Å². The zero-order chi connectivity index (χ0) is 19.2. The summed E-state index contributed by atoms with van der Waals surface area (Å²) in [5, 5.41) is 3.99. The molecule has 136 valence electrons. The normalized spacial score (nSPS) is 11.2. The average molecular weight is 444 g/mol. The van der Waals surface area contributed by atoms with Crippen LogP contribution in [0.4, 0.5) is 5.69 Å². The van der Waals surface area contributed by atoms with E-state index in [9.17, 15) is 0 Å². The van der Waals surface area contributed by atoms with Gasteiger partial charge in [-0.3, -0.25) is 4.99 Å². The molecule has 4 rings (SSSR count). The molecule has 0 radical (unpaired) electrons. The van der Waals surface area contributed by atoms with Crippen molar-refractivity contribution in [3.63, 3.8) is 0 Å². The van der Waals surface area contributed by atoms with E-state index in [1.165, 1.54) is 15.9 Å². The highest BCUT2D eigenvalue weighted by Gasteiger charge is 2.18. The van der Waals surface area contributed by atoms with Crippen molar-refractivity contribution in [2.75, 3.05) is 0 Å². The van der Waals surface area contributed by atoms with Gasteiger partial charge in [-0.2, -0.15) is 0 Å². The van der Waals surface area contributed by atoms with Gasteiger partial charge in [0.15, 0.2) is 0 Å². The van der Waals surface area contributed by atoms with Crippen LogP contribution >= 0.6 is 23.9 Å². The molecular formula is C25H19BrNP. The third-order valence-corrected chi connectivity index (χ3v) is 7.59. The number of hydrogen-bond acceptors (Lipinski definition) is 1. The summed E-state index contributed by atoms with van der Waals surface area (Å²) in [4.78, 5) is 4.74. The SMILES string of the molecule is Brc1ccccc1N=Cc1ccccc1P(c1ccccc1)c1ccccc1. The summed E-state index contributed by atoms with van der Waals surface area (Å²) in [5.41, 5.74) is 2.08. The van der Waals surface area contributed by atoms with Gasteiger partial charge in [-0.15, -0.1) is 0 Å². The Labute approximate surface area is 175 Å². The molecule has 0 spiro atoms. The molecule has 0 saturated heterocycles. The first-order valence-corrected chi connectivity index (χ1v) is 11.2. The van der Waals surface area contributed by atoms with E-state index in [0.717, 1.165) is 15.7 Å². The van der Waals surface area contributed by atoms with E-state index >= 15 is 0 Å². The summed E-state index contributed by atoms with van der Waals surface area (Å²) < 4.78 is 0.997. The predicted molar refractivity (Wildman–Crippen MR) is 127 cm³/mol.